The van der Waals surface area contributed by atoms with Gasteiger partial charge in [0.25, 0.3) is 0 Å². The largest absolute Gasteiger partial charge is 0.352 e. The van der Waals surface area contributed by atoms with Gasteiger partial charge in [0.05, 0.1) is 34.8 Å². The van der Waals surface area contributed by atoms with Gasteiger partial charge in [-0.1, -0.05) is 0 Å². The first-order valence-corrected chi connectivity index (χ1v) is 12.8. The predicted molar refractivity (Wildman–Crippen MR) is 140 cm³/mol. The van der Waals surface area contributed by atoms with E-state index in [0.29, 0.717) is 0 Å². The van der Waals surface area contributed by atoms with E-state index < -0.39 is 0 Å². The second kappa shape index (κ2) is 8.41. The first-order valence-electron chi connectivity index (χ1n) is 11.8. The van der Waals surface area contributed by atoms with Crippen molar-refractivity contribution in [1.82, 2.24) is 35.0 Å². The van der Waals surface area contributed by atoms with E-state index in [4.69, 9.17) is 4.98 Å². The van der Waals surface area contributed by atoms with E-state index >= 15 is 0 Å². The fourth-order valence-corrected chi connectivity index (χ4v) is 5.68. The molecule has 0 unspecified atom stereocenters. The van der Waals surface area contributed by atoms with E-state index in [1.807, 2.05) is 31.0 Å². The molecule has 6 aromatic rings. The maximum absolute atomic E-state index is 4.70. The van der Waals surface area contributed by atoms with Gasteiger partial charge in [-0.3, -0.25) is 25.0 Å². The number of aromatic amines is 2. The molecule has 7 rings (SSSR count). The number of pyridine rings is 3. The topological polar surface area (TPSA) is 86.4 Å². The number of hydrogen-bond donors (Lipinski definition) is 2. The standard InChI is InChI=1S/C27H23N7S/c1-2-5-34(4-1)15-17-7-19(11-28-10-17)23-9-21-26(14-30-23)32-33-27(21)24-8-20-22(18-3-6-35-16-18)12-29-13-25(20)31-24/h3,6-14,16,31H,1-2,4-5,15H2,(H,32,33). The molecule has 1 aliphatic heterocycles. The summed E-state index contributed by atoms with van der Waals surface area (Å²) < 4.78 is 0. The first-order chi connectivity index (χ1) is 17.3. The summed E-state index contributed by atoms with van der Waals surface area (Å²) >= 11 is 1.69. The lowest BCUT2D eigenvalue weighted by atomic mass is 10.1. The molecule has 1 aliphatic rings. The van der Waals surface area contributed by atoms with Crippen LogP contribution in [0, 0.1) is 0 Å². The van der Waals surface area contributed by atoms with Crippen LogP contribution in [0.15, 0.2) is 66.0 Å². The Morgan fingerprint density at radius 3 is 2.69 bits per heavy atom. The van der Waals surface area contributed by atoms with Crippen molar-refractivity contribution in [2.45, 2.75) is 19.4 Å². The Morgan fingerprint density at radius 1 is 0.886 bits per heavy atom. The summed E-state index contributed by atoms with van der Waals surface area (Å²) in [5, 5.41) is 14.2. The average Bonchev–Trinajstić information content (AvgIpc) is 3.70. The molecule has 6 aromatic heterocycles. The SMILES string of the molecule is c1cc(-c2cncc3[nH]c(-c4n[nH]c5cnc(-c6cncc(CN7CCCC7)c6)cc45)cc23)cs1. The smallest absolute Gasteiger partial charge is 0.116 e. The highest BCUT2D eigenvalue weighted by atomic mass is 32.1. The second-order valence-corrected chi connectivity index (χ2v) is 9.88. The van der Waals surface area contributed by atoms with Gasteiger partial charge in [0, 0.05) is 47.0 Å². The lowest BCUT2D eigenvalue weighted by Gasteiger charge is -2.14. The molecule has 35 heavy (non-hydrogen) atoms. The molecule has 0 saturated carbocycles. The monoisotopic (exact) mass is 477 g/mol. The number of H-pyrrole nitrogens is 2. The highest BCUT2D eigenvalue weighted by Gasteiger charge is 2.16. The molecule has 0 amide bonds. The molecule has 0 aromatic carbocycles. The Balaban J connectivity index is 1.28. The second-order valence-electron chi connectivity index (χ2n) is 9.10. The van der Waals surface area contributed by atoms with Crippen LogP contribution in [0.25, 0.3) is 55.6 Å². The minimum atomic E-state index is 0.872. The Kier molecular flexibility index (Phi) is 4.92. The van der Waals surface area contributed by atoms with Crippen LogP contribution in [0.3, 0.4) is 0 Å². The first kappa shape index (κ1) is 20.5. The summed E-state index contributed by atoms with van der Waals surface area (Å²) in [7, 11) is 0. The maximum atomic E-state index is 4.70. The van der Waals surface area contributed by atoms with E-state index in [1.165, 1.54) is 37.1 Å². The van der Waals surface area contributed by atoms with E-state index in [1.54, 1.807) is 11.3 Å². The lowest BCUT2D eigenvalue weighted by molar-refractivity contribution is 0.331. The van der Waals surface area contributed by atoms with Crippen LogP contribution < -0.4 is 0 Å². The van der Waals surface area contributed by atoms with Crippen LogP contribution in [0.4, 0.5) is 0 Å². The molecule has 7 heterocycles. The minimum Gasteiger partial charge on any atom is -0.352 e. The fraction of sp³-hybridized carbons (Fsp3) is 0.185. The molecular formula is C27H23N7S. The summed E-state index contributed by atoms with van der Waals surface area (Å²) in [6.07, 6.45) is 12.1. The van der Waals surface area contributed by atoms with E-state index in [9.17, 15) is 0 Å². The molecule has 0 atom stereocenters. The highest BCUT2D eigenvalue weighted by molar-refractivity contribution is 7.08. The summed E-state index contributed by atoms with van der Waals surface area (Å²) in [5.74, 6) is 0. The molecule has 172 valence electrons. The zero-order chi connectivity index (χ0) is 23.2. The van der Waals surface area contributed by atoms with Gasteiger partial charge in [-0.15, -0.1) is 0 Å². The summed E-state index contributed by atoms with van der Waals surface area (Å²) in [6, 6.07) is 8.61. The van der Waals surface area contributed by atoms with E-state index in [2.05, 4.69) is 65.1 Å². The zero-order valence-corrected chi connectivity index (χ0v) is 19.8. The number of thiophene rings is 1. The molecular weight excluding hydrogens is 454 g/mol. The van der Waals surface area contributed by atoms with Crippen molar-refractivity contribution < 1.29 is 0 Å². The van der Waals surface area contributed by atoms with Gasteiger partial charge >= 0.3 is 0 Å². The molecule has 2 N–H and O–H groups in total. The van der Waals surface area contributed by atoms with Crippen molar-refractivity contribution in [3.05, 3.63) is 71.6 Å². The van der Waals surface area contributed by atoms with Gasteiger partial charge in [-0.2, -0.15) is 16.4 Å². The number of hydrogen-bond acceptors (Lipinski definition) is 6. The Hall–Kier alpha value is -3.88. The van der Waals surface area contributed by atoms with E-state index in [0.717, 1.165) is 56.6 Å². The summed E-state index contributed by atoms with van der Waals surface area (Å²) in [6.45, 7) is 3.28. The molecule has 1 fully saturated rings. The average molecular weight is 478 g/mol. The third kappa shape index (κ3) is 3.71. The van der Waals surface area contributed by atoms with Crippen LogP contribution in [0.1, 0.15) is 18.4 Å². The van der Waals surface area contributed by atoms with Crippen LogP contribution >= 0.6 is 11.3 Å². The number of fused-ring (bicyclic) bond motifs is 2. The number of aromatic nitrogens is 6. The predicted octanol–water partition coefficient (Wildman–Crippen LogP) is 5.89. The van der Waals surface area contributed by atoms with Gasteiger partial charge in [0.2, 0.25) is 0 Å². The summed E-state index contributed by atoms with van der Waals surface area (Å²) in [4.78, 5) is 19.7. The van der Waals surface area contributed by atoms with Gasteiger partial charge in [-0.25, -0.2) is 0 Å². The van der Waals surface area contributed by atoms with Gasteiger partial charge in [-0.05, 0) is 72.1 Å². The molecule has 7 nitrogen and oxygen atoms in total. The van der Waals surface area contributed by atoms with Crippen molar-refractivity contribution in [1.29, 1.82) is 0 Å². The van der Waals surface area contributed by atoms with Crippen molar-refractivity contribution in [3.8, 4) is 33.8 Å². The third-order valence-corrected chi connectivity index (χ3v) is 7.46. The Labute approximate surface area is 205 Å². The number of nitrogens with one attached hydrogen (secondary N) is 2. The molecule has 0 bridgehead atoms. The molecule has 8 heteroatoms. The van der Waals surface area contributed by atoms with Crippen LogP contribution in [0.5, 0.6) is 0 Å². The van der Waals surface area contributed by atoms with Crippen molar-refractivity contribution >= 4 is 33.1 Å². The quantitative estimate of drug-likeness (QED) is 0.323. The van der Waals surface area contributed by atoms with Gasteiger partial charge in [0.15, 0.2) is 0 Å². The zero-order valence-electron chi connectivity index (χ0n) is 19.0. The number of nitrogens with zero attached hydrogens (tertiary/aromatic N) is 5. The van der Waals surface area contributed by atoms with Crippen LogP contribution in [0.2, 0.25) is 0 Å². The molecule has 1 saturated heterocycles. The van der Waals surface area contributed by atoms with Gasteiger partial charge < -0.3 is 4.98 Å². The van der Waals surface area contributed by atoms with Gasteiger partial charge in [0.1, 0.15) is 5.69 Å². The van der Waals surface area contributed by atoms with Crippen molar-refractivity contribution in [2.75, 3.05) is 13.1 Å². The number of likely N-dealkylation sites (tertiary alicyclic amines) is 1. The Morgan fingerprint density at radius 2 is 1.80 bits per heavy atom. The highest BCUT2D eigenvalue weighted by Crippen LogP contribution is 2.35. The lowest BCUT2D eigenvalue weighted by Crippen LogP contribution is -2.18. The molecule has 0 aliphatic carbocycles. The minimum absolute atomic E-state index is 0.872. The number of rotatable bonds is 5. The van der Waals surface area contributed by atoms with Crippen molar-refractivity contribution in [2.24, 2.45) is 0 Å². The molecule has 0 radical (unpaired) electrons. The Bertz CT molecular complexity index is 1640. The fourth-order valence-electron chi connectivity index (χ4n) is 5.02. The normalized spacial score (nSPS) is 14.4. The molecule has 0 spiro atoms. The van der Waals surface area contributed by atoms with Crippen LogP contribution in [-0.2, 0) is 6.54 Å². The van der Waals surface area contributed by atoms with Crippen molar-refractivity contribution in [3.63, 3.8) is 0 Å². The third-order valence-electron chi connectivity index (χ3n) is 6.78. The maximum Gasteiger partial charge on any atom is 0.116 e. The summed E-state index contributed by atoms with van der Waals surface area (Å²) in [5.41, 5.74) is 9.17. The van der Waals surface area contributed by atoms with E-state index in [-0.39, 0.29) is 0 Å². The van der Waals surface area contributed by atoms with Crippen LogP contribution in [-0.4, -0.2) is 48.1 Å².